The molecule has 3 rings (SSSR count). The second-order valence-electron chi connectivity index (χ2n) is 6.36. The SMILES string of the molecule is Cc1ccc(C(=O)N(C[C@H]2CCCO2)C[C@@H]2CCCO2)c(=O)[nH]1. The van der Waals surface area contributed by atoms with Crippen LogP contribution in [0.4, 0.5) is 0 Å². The minimum absolute atomic E-state index is 0.0601. The molecule has 6 nitrogen and oxygen atoms in total. The lowest BCUT2D eigenvalue weighted by atomic mass is 10.1. The summed E-state index contributed by atoms with van der Waals surface area (Å²) in [6, 6.07) is 3.36. The van der Waals surface area contributed by atoms with Crippen LogP contribution in [0.25, 0.3) is 0 Å². The monoisotopic (exact) mass is 320 g/mol. The van der Waals surface area contributed by atoms with E-state index in [4.69, 9.17) is 9.47 Å². The van der Waals surface area contributed by atoms with Gasteiger partial charge in [-0.2, -0.15) is 0 Å². The van der Waals surface area contributed by atoms with Crippen LogP contribution in [0, 0.1) is 6.92 Å². The van der Waals surface area contributed by atoms with Gasteiger partial charge in [0.15, 0.2) is 0 Å². The van der Waals surface area contributed by atoms with Crippen LogP contribution in [0.15, 0.2) is 16.9 Å². The topological polar surface area (TPSA) is 71.6 Å². The van der Waals surface area contributed by atoms with E-state index in [1.54, 1.807) is 24.0 Å². The third-order valence-corrected chi connectivity index (χ3v) is 4.47. The zero-order valence-corrected chi connectivity index (χ0v) is 13.5. The second-order valence-corrected chi connectivity index (χ2v) is 6.36. The van der Waals surface area contributed by atoms with E-state index < -0.39 is 0 Å². The Labute approximate surface area is 135 Å². The minimum atomic E-state index is -0.334. The number of hydrogen-bond acceptors (Lipinski definition) is 4. The molecule has 2 fully saturated rings. The van der Waals surface area contributed by atoms with Crippen molar-refractivity contribution in [3.8, 4) is 0 Å². The number of pyridine rings is 1. The van der Waals surface area contributed by atoms with Gasteiger partial charge in [0.2, 0.25) is 0 Å². The average Bonchev–Trinajstić information content (AvgIpc) is 3.19. The number of hydrogen-bond donors (Lipinski definition) is 1. The first-order chi connectivity index (χ1) is 11.1. The van der Waals surface area contributed by atoms with Crippen LogP contribution in [0.1, 0.15) is 41.7 Å². The van der Waals surface area contributed by atoms with Crippen LogP contribution in [0.3, 0.4) is 0 Å². The highest BCUT2D eigenvalue weighted by molar-refractivity contribution is 5.93. The molecule has 126 valence electrons. The van der Waals surface area contributed by atoms with Crippen LogP contribution in [0.5, 0.6) is 0 Å². The van der Waals surface area contributed by atoms with E-state index in [1.807, 2.05) is 0 Å². The number of carbonyl (C=O) groups is 1. The lowest BCUT2D eigenvalue weighted by Gasteiger charge is -2.27. The third kappa shape index (κ3) is 4.00. The van der Waals surface area contributed by atoms with Gasteiger partial charge < -0.3 is 19.4 Å². The fraction of sp³-hybridized carbons (Fsp3) is 0.647. The summed E-state index contributed by atoms with van der Waals surface area (Å²) in [7, 11) is 0. The first-order valence-electron chi connectivity index (χ1n) is 8.36. The Kier molecular flexibility index (Phi) is 5.13. The summed E-state index contributed by atoms with van der Waals surface area (Å²) in [6.07, 6.45) is 4.09. The van der Waals surface area contributed by atoms with Crippen LogP contribution in [0.2, 0.25) is 0 Å². The maximum absolute atomic E-state index is 12.8. The summed E-state index contributed by atoms with van der Waals surface area (Å²) in [5, 5.41) is 0. The van der Waals surface area contributed by atoms with E-state index >= 15 is 0 Å². The molecule has 23 heavy (non-hydrogen) atoms. The van der Waals surface area contributed by atoms with Crippen molar-refractivity contribution in [3.63, 3.8) is 0 Å². The molecule has 0 aliphatic carbocycles. The van der Waals surface area contributed by atoms with Crippen LogP contribution in [-0.2, 0) is 9.47 Å². The highest BCUT2D eigenvalue weighted by atomic mass is 16.5. The Morgan fingerprint density at radius 1 is 1.17 bits per heavy atom. The lowest BCUT2D eigenvalue weighted by Crippen LogP contribution is -2.43. The van der Waals surface area contributed by atoms with Crippen molar-refractivity contribution in [3.05, 3.63) is 33.7 Å². The molecule has 1 aromatic rings. The van der Waals surface area contributed by atoms with Gasteiger partial charge in [0.25, 0.3) is 11.5 Å². The van der Waals surface area contributed by atoms with Gasteiger partial charge in [-0.25, -0.2) is 0 Å². The largest absolute Gasteiger partial charge is 0.376 e. The van der Waals surface area contributed by atoms with E-state index in [0.717, 1.165) is 44.6 Å². The van der Waals surface area contributed by atoms with Gasteiger partial charge in [-0.05, 0) is 44.7 Å². The van der Waals surface area contributed by atoms with Crippen molar-refractivity contribution < 1.29 is 14.3 Å². The molecule has 0 spiro atoms. The smallest absolute Gasteiger partial charge is 0.260 e. The zero-order chi connectivity index (χ0) is 16.2. The van der Waals surface area contributed by atoms with E-state index in [-0.39, 0.29) is 29.2 Å². The third-order valence-electron chi connectivity index (χ3n) is 4.47. The molecule has 0 radical (unpaired) electrons. The molecule has 1 amide bonds. The molecule has 2 saturated heterocycles. The van der Waals surface area contributed by atoms with Crippen molar-refractivity contribution >= 4 is 5.91 Å². The van der Waals surface area contributed by atoms with E-state index in [9.17, 15) is 9.59 Å². The van der Waals surface area contributed by atoms with Crippen LogP contribution in [-0.4, -0.2) is 54.3 Å². The molecule has 1 N–H and O–H groups in total. The van der Waals surface area contributed by atoms with Crippen molar-refractivity contribution in [2.24, 2.45) is 0 Å². The van der Waals surface area contributed by atoms with E-state index in [1.165, 1.54) is 0 Å². The van der Waals surface area contributed by atoms with Gasteiger partial charge >= 0.3 is 0 Å². The first-order valence-corrected chi connectivity index (χ1v) is 8.36. The van der Waals surface area contributed by atoms with Crippen molar-refractivity contribution in [2.75, 3.05) is 26.3 Å². The van der Waals surface area contributed by atoms with Crippen molar-refractivity contribution in [1.82, 2.24) is 9.88 Å². The van der Waals surface area contributed by atoms with E-state index in [0.29, 0.717) is 13.1 Å². The van der Waals surface area contributed by atoms with Gasteiger partial charge in [0.1, 0.15) is 5.56 Å². The quantitative estimate of drug-likeness (QED) is 0.892. The van der Waals surface area contributed by atoms with Gasteiger partial charge in [-0.3, -0.25) is 9.59 Å². The number of aromatic nitrogens is 1. The Morgan fingerprint density at radius 3 is 2.26 bits per heavy atom. The predicted octanol–water partition coefficient (Wildman–Crippen LogP) is 1.48. The number of nitrogens with one attached hydrogen (secondary N) is 1. The summed E-state index contributed by atoms with van der Waals surface area (Å²) < 4.78 is 11.3. The summed E-state index contributed by atoms with van der Waals surface area (Å²) in [6.45, 7) is 4.33. The average molecular weight is 320 g/mol. The number of rotatable bonds is 5. The van der Waals surface area contributed by atoms with E-state index in [2.05, 4.69) is 4.98 Å². The number of amides is 1. The number of aromatic amines is 1. The Balaban J connectivity index is 1.77. The number of ether oxygens (including phenoxy) is 2. The Bertz CT molecular complexity index is 583. The Hall–Kier alpha value is -1.66. The maximum Gasteiger partial charge on any atom is 0.260 e. The Morgan fingerprint density at radius 2 is 1.78 bits per heavy atom. The fourth-order valence-electron chi connectivity index (χ4n) is 3.22. The van der Waals surface area contributed by atoms with Gasteiger partial charge in [0.05, 0.1) is 12.2 Å². The summed E-state index contributed by atoms with van der Waals surface area (Å²) in [5.41, 5.74) is 0.600. The number of H-pyrrole nitrogens is 1. The molecule has 2 aliphatic heterocycles. The molecule has 0 unspecified atom stereocenters. The predicted molar refractivity (Wildman–Crippen MR) is 85.7 cm³/mol. The molecule has 3 heterocycles. The van der Waals surface area contributed by atoms with Crippen molar-refractivity contribution in [2.45, 2.75) is 44.8 Å². The number of nitrogens with zero attached hydrogens (tertiary/aromatic N) is 1. The molecule has 2 atom stereocenters. The lowest BCUT2D eigenvalue weighted by molar-refractivity contribution is 0.0306. The summed E-state index contributed by atoms with van der Waals surface area (Å²) >= 11 is 0. The molecule has 0 bridgehead atoms. The molecule has 6 heteroatoms. The molecular formula is C17H24N2O4. The fourth-order valence-corrected chi connectivity index (χ4v) is 3.22. The maximum atomic E-state index is 12.8. The van der Waals surface area contributed by atoms with Gasteiger partial charge in [-0.15, -0.1) is 0 Å². The van der Waals surface area contributed by atoms with Crippen LogP contribution < -0.4 is 5.56 Å². The van der Waals surface area contributed by atoms with Gasteiger partial charge in [0, 0.05) is 32.0 Å². The normalized spacial score (nSPS) is 24.0. The molecule has 2 aliphatic rings. The highest BCUT2D eigenvalue weighted by Crippen LogP contribution is 2.18. The molecular weight excluding hydrogens is 296 g/mol. The van der Waals surface area contributed by atoms with Crippen molar-refractivity contribution in [1.29, 1.82) is 0 Å². The minimum Gasteiger partial charge on any atom is -0.376 e. The van der Waals surface area contributed by atoms with Gasteiger partial charge in [-0.1, -0.05) is 0 Å². The molecule has 0 saturated carbocycles. The highest BCUT2D eigenvalue weighted by Gasteiger charge is 2.28. The zero-order valence-electron chi connectivity index (χ0n) is 13.5. The first kappa shape index (κ1) is 16.2. The second kappa shape index (κ2) is 7.27. The van der Waals surface area contributed by atoms with Crippen LogP contribution >= 0.6 is 0 Å². The molecule has 0 aromatic carbocycles. The standard InChI is InChI=1S/C17H24N2O4/c1-12-6-7-15(16(20)18-12)17(21)19(10-13-4-2-8-22-13)11-14-5-3-9-23-14/h6-7,13-14H,2-5,8-11H2,1H3,(H,18,20)/t13-,14+. The summed E-state index contributed by atoms with van der Waals surface area (Å²) in [4.78, 5) is 29.4. The molecule has 1 aromatic heterocycles. The summed E-state index contributed by atoms with van der Waals surface area (Å²) in [5.74, 6) is -0.239. The number of aryl methyl sites for hydroxylation is 1. The number of carbonyl (C=O) groups excluding carboxylic acids is 1.